The molecule has 0 bridgehead atoms. The van der Waals surface area contributed by atoms with Gasteiger partial charge in [-0.2, -0.15) is 0 Å². The van der Waals surface area contributed by atoms with E-state index in [4.69, 9.17) is 10.5 Å². The van der Waals surface area contributed by atoms with E-state index in [0.29, 0.717) is 29.9 Å². The van der Waals surface area contributed by atoms with Gasteiger partial charge in [0.1, 0.15) is 0 Å². The second kappa shape index (κ2) is 7.30. The molecular weight excluding hydrogens is 304 g/mol. The van der Waals surface area contributed by atoms with Crippen molar-refractivity contribution < 1.29 is 9.53 Å². The molecule has 6 nitrogen and oxygen atoms in total. The summed E-state index contributed by atoms with van der Waals surface area (Å²) < 4.78 is 5.94. The smallest absolute Gasteiger partial charge is 0.217 e. The molecule has 0 radical (unpaired) electrons. The Balaban J connectivity index is 1.58. The first-order valence-corrected chi connectivity index (χ1v) is 9.47. The predicted molar refractivity (Wildman–Crippen MR) is 94.7 cm³/mol. The number of amides is 1. The fourth-order valence-corrected chi connectivity index (χ4v) is 4.80. The average Bonchev–Trinajstić information content (AvgIpc) is 2.48. The number of carbonyl (C=O) groups is 1. The molecule has 0 aromatic heterocycles. The van der Waals surface area contributed by atoms with Gasteiger partial charge >= 0.3 is 0 Å². The number of hydrogen-bond acceptors (Lipinski definition) is 3. The van der Waals surface area contributed by atoms with Crippen molar-refractivity contribution in [2.45, 2.75) is 64.0 Å². The molecule has 6 heteroatoms. The van der Waals surface area contributed by atoms with E-state index < -0.39 is 0 Å². The molecule has 3 atom stereocenters. The van der Waals surface area contributed by atoms with Crippen LogP contribution in [0.1, 0.15) is 51.9 Å². The van der Waals surface area contributed by atoms with Crippen LogP contribution in [0.25, 0.3) is 0 Å². The quantitative estimate of drug-likeness (QED) is 0.589. The van der Waals surface area contributed by atoms with Crippen LogP contribution in [0, 0.1) is 11.3 Å². The van der Waals surface area contributed by atoms with Gasteiger partial charge in [0, 0.05) is 44.6 Å². The van der Waals surface area contributed by atoms with Crippen LogP contribution in [0.2, 0.25) is 0 Å². The Bertz CT molecular complexity index is 489. The van der Waals surface area contributed by atoms with E-state index in [9.17, 15) is 4.79 Å². The van der Waals surface area contributed by atoms with Crippen molar-refractivity contribution in [1.82, 2.24) is 10.2 Å². The van der Waals surface area contributed by atoms with Crippen molar-refractivity contribution >= 4 is 11.9 Å². The van der Waals surface area contributed by atoms with Crippen molar-refractivity contribution in [3.8, 4) is 0 Å². The molecule has 3 fully saturated rings. The third-order valence-corrected chi connectivity index (χ3v) is 6.26. The van der Waals surface area contributed by atoms with Gasteiger partial charge in [0.05, 0.1) is 6.10 Å². The summed E-state index contributed by atoms with van der Waals surface area (Å²) in [4.78, 5) is 18.0. The van der Waals surface area contributed by atoms with Gasteiger partial charge in [0.2, 0.25) is 5.91 Å². The topological polar surface area (TPSA) is 79.9 Å². The summed E-state index contributed by atoms with van der Waals surface area (Å²) in [5, 5.41) is 3.71. The zero-order valence-corrected chi connectivity index (χ0v) is 15.1. The zero-order valence-electron chi connectivity index (χ0n) is 15.1. The van der Waals surface area contributed by atoms with E-state index in [-0.39, 0.29) is 5.91 Å². The maximum absolute atomic E-state index is 11.2. The van der Waals surface area contributed by atoms with E-state index in [2.05, 4.69) is 22.1 Å². The van der Waals surface area contributed by atoms with Gasteiger partial charge in [-0.3, -0.25) is 9.79 Å². The fourth-order valence-electron chi connectivity index (χ4n) is 4.80. The third kappa shape index (κ3) is 3.25. The lowest BCUT2D eigenvalue weighted by Gasteiger charge is -2.61. The number of aliphatic imine (C=N–C) groups is 1. The monoisotopic (exact) mass is 336 g/mol. The van der Waals surface area contributed by atoms with E-state index in [1.54, 1.807) is 0 Å². The Hall–Kier alpha value is -1.30. The first kappa shape index (κ1) is 17.5. The molecular formula is C18H32N4O2. The van der Waals surface area contributed by atoms with Gasteiger partial charge in [0.15, 0.2) is 5.96 Å². The minimum atomic E-state index is -0.197. The van der Waals surface area contributed by atoms with E-state index in [0.717, 1.165) is 44.9 Å². The molecule has 0 aromatic carbocycles. The summed E-state index contributed by atoms with van der Waals surface area (Å²) in [5.41, 5.74) is 5.70. The molecule has 136 valence electrons. The number of nitrogens with two attached hydrogens (primary N) is 1. The number of ether oxygens (including phenoxy) is 1. The second-order valence-electron chi connectivity index (χ2n) is 7.64. The number of piperidine rings is 1. The Morgan fingerprint density at radius 3 is 2.79 bits per heavy atom. The van der Waals surface area contributed by atoms with Gasteiger partial charge in [-0.1, -0.05) is 6.42 Å². The normalized spacial score (nSPS) is 32.2. The predicted octanol–water partition coefficient (Wildman–Crippen LogP) is 1.50. The molecule has 2 aliphatic carbocycles. The number of primary amides is 1. The zero-order chi connectivity index (χ0) is 17.2. The first-order valence-electron chi connectivity index (χ1n) is 9.47. The molecule has 3 unspecified atom stereocenters. The minimum Gasteiger partial charge on any atom is -0.378 e. The number of rotatable bonds is 5. The molecule has 3 rings (SSSR count). The van der Waals surface area contributed by atoms with Crippen LogP contribution in [0.4, 0.5) is 0 Å². The highest BCUT2D eigenvalue weighted by atomic mass is 16.5. The standard InChI is InChI=1S/C18H32N4O2/c1-3-24-15-11-14(18(15)7-5-8-18)21-17(20-2)22-9-4-6-13(12-22)10-16(19)23/h13-15H,3-12H2,1-2H3,(H2,19,23)(H,20,21). The van der Waals surface area contributed by atoms with Crippen molar-refractivity contribution in [2.75, 3.05) is 26.7 Å². The SMILES string of the molecule is CCOC1CC(NC(=NC)N2CCCC(CC(N)=O)C2)C12CCC2. The average molecular weight is 336 g/mol. The molecule has 1 amide bonds. The van der Waals surface area contributed by atoms with Crippen molar-refractivity contribution in [3.05, 3.63) is 0 Å². The van der Waals surface area contributed by atoms with Gasteiger partial charge in [0.25, 0.3) is 0 Å². The molecule has 1 spiro atoms. The van der Waals surface area contributed by atoms with Crippen molar-refractivity contribution in [3.63, 3.8) is 0 Å². The van der Waals surface area contributed by atoms with Crippen molar-refractivity contribution in [1.29, 1.82) is 0 Å². The summed E-state index contributed by atoms with van der Waals surface area (Å²) in [5.74, 6) is 1.14. The number of nitrogens with one attached hydrogen (secondary N) is 1. The molecule has 24 heavy (non-hydrogen) atoms. The highest BCUT2D eigenvalue weighted by Crippen LogP contribution is 2.57. The van der Waals surface area contributed by atoms with Gasteiger partial charge in [-0.15, -0.1) is 0 Å². The maximum Gasteiger partial charge on any atom is 0.217 e. The third-order valence-electron chi connectivity index (χ3n) is 6.26. The van der Waals surface area contributed by atoms with Crippen LogP contribution in [-0.2, 0) is 9.53 Å². The number of hydrogen-bond donors (Lipinski definition) is 2. The number of guanidine groups is 1. The largest absolute Gasteiger partial charge is 0.378 e. The van der Waals surface area contributed by atoms with Gasteiger partial charge in [-0.25, -0.2) is 0 Å². The lowest BCUT2D eigenvalue weighted by molar-refractivity contribution is -0.169. The molecule has 1 heterocycles. The van der Waals surface area contributed by atoms with Crippen molar-refractivity contribution in [2.24, 2.45) is 22.1 Å². The summed E-state index contributed by atoms with van der Waals surface area (Å²) in [7, 11) is 1.85. The minimum absolute atomic E-state index is 0.197. The molecule has 3 aliphatic rings. The van der Waals surface area contributed by atoms with E-state index in [1.807, 2.05) is 7.05 Å². The van der Waals surface area contributed by atoms with Gasteiger partial charge < -0.3 is 20.7 Å². The summed E-state index contributed by atoms with van der Waals surface area (Å²) in [6.07, 6.45) is 7.97. The Kier molecular flexibility index (Phi) is 5.33. The lowest BCUT2D eigenvalue weighted by Crippen LogP contribution is -2.69. The van der Waals surface area contributed by atoms with Crippen LogP contribution in [0.5, 0.6) is 0 Å². The Morgan fingerprint density at radius 1 is 1.42 bits per heavy atom. The molecule has 2 saturated carbocycles. The molecule has 1 saturated heterocycles. The van der Waals surface area contributed by atoms with Crippen LogP contribution in [-0.4, -0.2) is 55.7 Å². The maximum atomic E-state index is 11.2. The highest BCUT2D eigenvalue weighted by Gasteiger charge is 2.59. The molecule has 3 N–H and O–H groups in total. The van der Waals surface area contributed by atoms with Crippen LogP contribution >= 0.6 is 0 Å². The van der Waals surface area contributed by atoms with Gasteiger partial charge in [-0.05, 0) is 44.9 Å². The summed E-state index contributed by atoms with van der Waals surface area (Å²) >= 11 is 0. The summed E-state index contributed by atoms with van der Waals surface area (Å²) in [6.45, 7) is 4.76. The fraction of sp³-hybridized carbons (Fsp3) is 0.889. The number of carbonyl (C=O) groups excluding carboxylic acids is 1. The summed E-state index contributed by atoms with van der Waals surface area (Å²) in [6, 6.07) is 0.470. The first-order chi connectivity index (χ1) is 11.6. The second-order valence-corrected chi connectivity index (χ2v) is 7.64. The van der Waals surface area contributed by atoms with E-state index in [1.165, 1.54) is 19.3 Å². The number of likely N-dealkylation sites (tertiary alicyclic amines) is 1. The highest BCUT2D eigenvalue weighted by molar-refractivity contribution is 5.81. The van der Waals surface area contributed by atoms with Crippen LogP contribution < -0.4 is 11.1 Å². The lowest BCUT2D eigenvalue weighted by atomic mass is 9.51. The molecule has 0 aromatic rings. The van der Waals surface area contributed by atoms with Crippen LogP contribution in [0.3, 0.4) is 0 Å². The van der Waals surface area contributed by atoms with E-state index >= 15 is 0 Å². The Morgan fingerprint density at radius 2 is 2.21 bits per heavy atom. The molecule has 1 aliphatic heterocycles. The van der Waals surface area contributed by atoms with Crippen LogP contribution in [0.15, 0.2) is 4.99 Å². The Labute approximate surface area is 145 Å². The number of nitrogens with zero attached hydrogens (tertiary/aromatic N) is 2.